The van der Waals surface area contributed by atoms with Crippen LogP contribution in [0.5, 0.6) is 0 Å². The van der Waals surface area contributed by atoms with Gasteiger partial charge in [-0.3, -0.25) is 4.79 Å². The van der Waals surface area contributed by atoms with E-state index >= 15 is 0 Å². The Hall–Kier alpha value is -0.530. The Balaban J connectivity index is 2.40. The lowest BCUT2D eigenvalue weighted by atomic mass is 9.90. The fraction of sp³-hybridized carbons (Fsp3) is 0.833. The standard InChI is InChI=1S/C6H11NO/c1-3-5-4(2)7-6(5)8/h4-5H,3H2,1-2H3,(H,7,8)/t4-,5?/m1/s1. The van der Waals surface area contributed by atoms with E-state index in [0.29, 0.717) is 12.0 Å². The van der Waals surface area contributed by atoms with Crippen LogP contribution in [0.2, 0.25) is 0 Å². The van der Waals surface area contributed by atoms with E-state index < -0.39 is 0 Å². The first-order valence-corrected chi connectivity index (χ1v) is 3.06. The van der Waals surface area contributed by atoms with E-state index in [9.17, 15) is 4.79 Å². The minimum absolute atomic E-state index is 0.222. The topological polar surface area (TPSA) is 29.1 Å². The van der Waals surface area contributed by atoms with Crippen molar-refractivity contribution in [3.05, 3.63) is 0 Å². The maximum Gasteiger partial charge on any atom is 0.225 e. The molecule has 0 aromatic rings. The third kappa shape index (κ3) is 0.602. The molecule has 0 radical (unpaired) electrons. The molecule has 1 aliphatic rings. The van der Waals surface area contributed by atoms with Gasteiger partial charge in [-0.2, -0.15) is 0 Å². The molecule has 1 amide bonds. The Morgan fingerprint density at radius 2 is 2.38 bits per heavy atom. The molecule has 0 saturated carbocycles. The van der Waals surface area contributed by atoms with Crippen LogP contribution in [-0.4, -0.2) is 11.9 Å². The highest BCUT2D eigenvalue weighted by atomic mass is 16.2. The quantitative estimate of drug-likeness (QED) is 0.494. The van der Waals surface area contributed by atoms with Crippen molar-refractivity contribution in [1.82, 2.24) is 5.32 Å². The molecule has 46 valence electrons. The summed E-state index contributed by atoms with van der Waals surface area (Å²) in [6.45, 7) is 4.08. The van der Waals surface area contributed by atoms with Crippen LogP contribution in [0.25, 0.3) is 0 Å². The SMILES string of the molecule is CCC1C(=O)N[C@@H]1C. The van der Waals surface area contributed by atoms with Crippen LogP contribution in [0, 0.1) is 5.92 Å². The van der Waals surface area contributed by atoms with Gasteiger partial charge in [0, 0.05) is 6.04 Å². The highest BCUT2D eigenvalue weighted by Crippen LogP contribution is 2.16. The summed E-state index contributed by atoms with van der Waals surface area (Å²) in [5.74, 6) is 0.523. The molecule has 0 bridgehead atoms. The maximum absolute atomic E-state index is 10.6. The molecule has 1 fully saturated rings. The first kappa shape index (κ1) is 5.60. The van der Waals surface area contributed by atoms with Crippen LogP contribution < -0.4 is 5.32 Å². The second-order valence-electron chi connectivity index (χ2n) is 2.31. The van der Waals surface area contributed by atoms with Crippen molar-refractivity contribution in [3.8, 4) is 0 Å². The molecule has 2 heteroatoms. The number of carbonyl (C=O) groups is 1. The minimum atomic E-state index is 0.222. The van der Waals surface area contributed by atoms with Crippen molar-refractivity contribution in [2.45, 2.75) is 26.3 Å². The first-order valence-electron chi connectivity index (χ1n) is 3.06. The minimum Gasteiger partial charge on any atom is -0.353 e. The number of nitrogens with one attached hydrogen (secondary N) is 1. The fourth-order valence-electron chi connectivity index (χ4n) is 1.10. The van der Waals surface area contributed by atoms with E-state index in [-0.39, 0.29) is 5.91 Å². The van der Waals surface area contributed by atoms with Crippen LogP contribution >= 0.6 is 0 Å². The third-order valence-electron chi connectivity index (χ3n) is 1.75. The molecule has 1 N–H and O–H groups in total. The largest absolute Gasteiger partial charge is 0.353 e. The van der Waals surface area contributed by atoms with Gasteiger partial charge in [-0.25, -0.2) is 0 Å². The predicted molar refractivity (Wildman–Crippen MR) is 31.4 cm³/mol. The van der Waals surface area contributed by atoms with Gasteiger partial charge in [0.2, 0.25) is 5.91 Å². The smallest absolute Gasteiger partial charge is 0.225 e. The summed E-state index contributed by atoms with van der Waals surface area (Å²) in [5, 5.41) is 2.77. The number of hydrogen-bond acceptors (Lipinski definition) is 1. The lowest BCUT2D eigenvalue weighted by molar-refractivity contribution is -0.134. The summed E-state index contributed by atoms with van der Waals surface area (Å²) in [6.07, 6.45) is 0.979. The Bertz CT molecular complexity index is 111. The predicted octanol–water partition coefficient (Wildman–Crippen LogP) is 0.531. The fourth-order valence-corrected chi connectivity index (χ4v) is 1.10. The molecule has 0 aromatic heterocycles. The van der Waals surface area contributed by atoms with Gasteiger partial charge in [-0.1, -0.05) is 6.92 Å². The van der Waals surface area contributed by atoms with E-state index in [4.69, 9.17) is 0 Å². The van der Waals surface area contributed by atoms with Crippen LogP contribution in [0.3, 0.4) is 0 Å². The molecule has 1 saturated heterocycles. The van der Waals surface area contributed by atoms with Crippen LogP contribution in [-0.2, 0) is 4.79 Å². The zero-order valence-corrected chi connectivity index (χ0v) is 5.27. The molecule has 8 heavy (non-hydrogen) atoms. The highest BCUT2D eigenvalue weighted by Gasteiger charge is 2.33. The summed E-state index contributed by atoms with van der Waals surface area (Å²) in [7, 11) is 0. The van der Waals surface area contributed by atoms with Gasteiger partial charge < -0.3 is 5.32 Å². The zero-order valence-electron chi connectivity index (χ0n) is 5.27. The zero-order chi connectivity index (χ0) is 6.15. The van der Waals surface area contributed by atoms with Crippen molar-refractivity contribution in [3.63, 3.8) is 0 Å². The van der Waals surface area contributed by atoms with Gasteiger partial charge >= 0.3 is 0 Å². The molecule has 1 aliphatic heterocycles. The first-order chi connectivity index (χ1) is 3.75. The molecule has 2 nitrogen and oxygen atoms in total. The van der Waals surface area contributed by atoms with Crippen molar-refractivity contribution in [2.75, 3.05) is 0 Å². The molecule has 2 atom stereocenters. The Labute approximate surface area is 49.3 Å². The number of carbonyl (C=O) groups excluding carboxylic acids is 1. The molecule has 1 heterocycles. The summed E-state index contributed by atoms with van der Waals surface area (Å²) < 4.78 is 0. The van der Waals surface area contributed by atoms with Crippen molar-refractivity contribution in [1.29, 1.82) is 0 Å². The van der Waals surface area contributed by atoms with Crippen molar-refractivity contribution < 1.29 is 4.79 Å². The second kappa shape index (κ2) is 1.77. The van der Waals surface area contributed by atoms with E-state index in [1.165, 1.54) is 0 Å². The van der Waals surface area contributed by atoms with Crippen molar-refractivity contribution >= 4 is 5.91 Å². The van der Waals surface area contributed by atoms with Gasteiger partial charge in [-0.05, 0) is 13.3 Å². The summed E-state index contributed by atoms with van der Waals surface area (Å²) in [5.41, 5.74) is 0. The van der Waals surface area contributed by atoms with Gasteiger partial charge in [0.05, 0.1) is 5.92 Å². The molecule has 1 unspecified atom stereocenters. The van der Waals surface area contributed by atoms with Gasteiger partial charge in [0.25, 0.3) is 0 Å². The van der Waals surface area contributed by atoms with Gasteiger partial charge in [0.15, 0.2) is 0 Å². The summed E-state index contributed by atoms with van der Waals surface area (Å²) >= 11 is 0. The molecular weight excluding hydrogens is 102 g/mol. The molecule has 0 aromatic carbocycles. The van der Waals surface area contributed by atoms with E-state index in [1.807, 2.05) is 13.8 Å². The van der Waals surface area contributed by atoms with E-state index in [0.717, 1.165) is 6.42 Å². The summed E-state index contributed by atoms with van der Waals surface area (Å²) in [6, 6.07) is 0.424. The molecular formula is C6H11NO. The van der Waals surface area contributed by atoms with Crippen LogP contribution in [0.15, 0.2) is 0 Å². The lowest BCUT2D eigenvalue weighted by Crippen LogP contribution is -2.55. The number of amides is 1. The highest BCUT2D eigenvalue weighted by molar-refractivity contribution is 5.85. The normalized spacial score (nSPS) is 36.0. The van der Waals surface area contributed by atoms with Gasteiger partial charge in [0.1, 0.15) is 0 Å². The Kier molecular flexibility index (Phi) is 1.24. The monoisotopic (exact) mass is 113 g/mol. The average molecular weight is 113 g/mol. The van der Waals surface area contributed by atoms with Crippen molar-refractivity contribution in [2.24, 2.45) is 5.92 Å². The van der Waals surface area contributed by atoms with E-state index in [1.54, 1.807) is 0 Å². The van der Waals surface area contributed by atoms with Crippen LogP contribution in [0.4, 0.5) is 0 Å². The second-order valence-corrected chi connectivity index (χ2v) is 2.31. The number of rotatable bonds is 1. The lowest BCUT2D eigenvalue weighted by Gasteiger charge is -2.33. The number of β-lactam (4-membered cyclic amide) rings is 1. The van der Waals surface area contributed by atoms with Gasteiger partial charge in [-0.15, -0.1) is 0 Å². The Morgan fingerprint density at radius 3 is 2.50 bits per heavy atom. The maximum atomic E-state index is 10.6. The Morgan fingerprint density at radius 1 is 1.75 bits per heavy atom. The van der Waals surface area contributed by atoms with Crippen LogP contribution in [0.1, 0.15) is 20.3 Å². The molecule has 0 aliphatic carbocycles. The molecule has 1 rings (SSSR count). The average Bonchev–Trinajstić information content (AvgIpc) is 1.67. The number of hydrogen-bond donors (Lipinski definition) is 1. The summed E-state index contributed by atoms with van der Waals surface area (Å²) in [4.78, 5) is 10.6. The third-order valence-corrected chi connectivity index (χ3v) is 1.75. The molecule has 0 spiro atoms. The van der Waals surface area contributed by atoms with E-state index in [2.05, 4.69) is 5.32 Å².